The number of halogens is 5. The standard InChI is InChI=1S/C33H31F5O7/c1-41-29(39)14-19-16-43-28-15-20(2-3-21(19)28)45-27-7-5-23-22(27)4-6-24(33(36,37)38)30(23)18-12-25(34)31(26(35)13-18)44-17-32(40)8-10-42-11-9-32/h2-4,6,12-13,15,19,27,40H,5,7-11,14,16-17H2,1H3. The van der Waals surface area contributed by atoms with Crippen LogP contribution in [0.5, 0.6) is 17.2 Å². The Labute approximate surface area is 255 Å². The quantitative estimate of drug-likeness (QED) is 0.219. The highest BCUT2D eigenvalue weighted by Gasteiger charge is 2.39. The largest absolute Gasteiger partial charge is 0.492 e. The van der Waals surface area contributed by atoms with Gasteiger partial charge in [0.15, 0.2) is 17.4 Å². The van der Waals surface area contributed by atoms with E-state index >= 15 is 8.78 Å². The Bertz CT molecular complexity index is 1580. The van der Waals surface area contributed by atoms with Gasteiger partial charge in [-0.05, 0) is 59.4 Å². The zero-order valence-corrected chi connectivity index (χ0v) is 24.3. The fraction of sp³-hybridized carbons (Fsp3) is 0.424. The number of esters is 1. The molecule has 1 N–H and O–H groups in total. The predicted molar refractivity (Wildman–Crippen MR) is 150 cm³/mol. The predicted octanol–water partition coefficient (Wildman–Crippen LogP) is 6.68. The second-order valence-electron chi connectivity index (χ2n) is 11.6. The highest BCUT2D eigenvalue weighted by atomic mass is 19.4. The molecule has 2 heterocycles. The molecule has 1 saturated heterocycles. The van der Waals surface area contributed by atoms with Crippen LogP contribution in [0, 0.1) is 11.6 Å². The van der Waals surface area contributed by atoms with Crippen molar-refractivity contribution < 1.29 is 55.5 Å². The molecule has 0 bridgehead atoms. The molecule has 2 aliphatic heterocycles. The molecule has 0 aromatic heterocycles. The topological polar surface area (TPSA) is 83.5 Å². The molecule has 1 fully saturated rings. The fourth-order valence-electron chi connectivity index (χ4n) is 6.25. The number of carbonyl (C=O) groups is 1. The van der Waals surface area contributed by atoms with Gasteiger partial charge in [0.1, 0.15) is 29.8 Å². The average Bonchev–Trinajstić information content (AvgIpc) is 3.59. The van der Waals surface area contributed by atoms with Crippen molar-refractivity contribution in [3.63, 3.8) is 0 Å². The van der Waals surface area contributed by atoms with Gasteiger partial charge in [-0.25, -0.2) is 8.78 Å². The van der Waals surface area contributed by atoms with Gasteiger partial charge in [-0.1, -0.05) is 12.1 Å². The van der Waals surface area contributed by atoms with Crippen LogP contribution < -0.4 is 14.2 Å². The second-order valence-corrected chi connectivity index (χ2v) is 11.6. The highest BCUT2D eigenvalue weighted by molar-refractivity contribution is 5.75. The van der Waals surface area contributed by atoms with Crippen molar-refractivity contribution in [1.29, 1.82) is 0 Å². The summed E-state index contributed by atoms with van der Waals surface area (Å²) in [4.78, 5) is 11.7. The first-order valence-corrected chi connectivity index (χ1v) is 14.6. The Balaban J connectivity index is 1.28. The third-order valence-electron chi connectivity index (χ3n) is 8.64. The van der Waals surface area contributed by atoms with Crippen LogP contribution in [-0.4, -0.2) is 50.2 Å². The maximum atomic E-state index is 15.2. The van der Waals surface area contributed by atoms with Crippen molar-refractivity contribution in [2.45, 2.75) is 55.9 Å². The van der Waals surface area contributed by atoms with Gasteiger partial charge in [0, 0.05) is 43.6 Å². The summed E-state index contributed by atoms with van der Waals surface area (Å²) < 4.78 is 100. The van der Waals surface area contributed by atoms with E-state index in [-0.39, 0.29) is 67.5 Å². The monoisotopic (exact) mass is 634 g/mol. The van der Waals surface area contributed by atoms with Gasteiger partial charge in [0.05, 0.1) is 25.7 Å². The number of fused-ring (bicyclic) bond motifs is 2. The van der Waals surface area contributed by atoms with Crippen LogP contribution in [0.3, 0.4) is 0 Å². The summed E-state index contributed by atoms with van der Waals surface area (Å²) >= 11 is 0. The summed E-state index contributed by atoms with van der Waals surface area (Å²) in [5, 5.41) is 10.6. The molecule has 1 aliphatic carbocycles. The first kappa shape index (κ1) is 31.1. The minimum Gasteiger partial charge on any atom is -0.492 e. The summed E-state index contributed by atoms with van der Waals surface area (Å²) in [6.45, 7) is 0.449. The molecule has 6 rings (SSSR count). The molecular formula is C33H31F5O7. The summed E-state index contributed by atoms with van der Waals surface area (Å²) in [5.41, 5.74) is -1.36. The van der Waals surface area contributed by atoms with Gasteiger partial charge in [0.2, 0.25) is 0 Å². The van der Waals surface area contributed by atoms with E-state index in [1.165, 1.54) is 13.2 Å². The van der Waals surface area contributed by atoms with Crippen molar-refractivity contribution in [3.8, 4) is 28.4 Å². The summed E-state index contributed by atoms with van der Waals surface area (Å²) in [6.07, 6.45) is -4.30. The molecule has 0 saturated carbocycles. The number of hydrogen-bond donors (Lipinski definition) is 1. The number of hydrogen-bond acceptors (Lipinski definition) is 7. The number of ether oxygens (including phenoxy) is 5. The van der Waals surface area contributed by atoms with E-state index < -0.39 is 47.4 Å². The lowest BCUT2D eigenvalue weighted by molar-refractivity contribution is -0.141. The van der Waals surface area contributed by atoms with Gasteiger partial charge in [-0.2, -0.15) is 13.2 Å². The van der Waals surface area contributed by atoms with Crippen LogP contribution >= 0.6 is 0 Å². The maximum Gasteiger partial charge on any atom is 0.417 e. The second kappa shape index (κ2) is 12.1. The molecule has 3 aromatic rings. The summed E-state index contributed by atoms with van der Waals surface area (Å²) in [5.74, 6) is -2.68. The number of methoxy groups -OCH3 is 1. The Morgan fingerprint density at radius 2 is 1.76 bits per heavy atom. The molecule has 12 heteroatoms. The van der Waals surface area contributed by atoms with Crippen LogP contribution in [0.1, 0.15) is 60.0 Å². The zero-order valence-electron chi connectivity index (χ0n) is 24.3. The van der Waals surface area contributed by atoms with E-state index in [9.17, 15) is 23.1 Å². The minimum absolute atomic E-state index is 0.163. The molecule has 0 amide bonds. The molecule has 3 aliphatic rings. The van der Waals surface area contributed by atoms with E-state index in [1.807, 2.05) is 0 Å². The van der Waals surface area contributed by atoms with Crippen molar-refractivity contribution in [2.75, 3.05) is 33.5 Å². The van der Waals surface area contributed by atoms with Gasteiger partial charge < -0.3 is 28.8 Å². The molecule has 7 nitrogen and oxygen atoms in total. The minimum atomic E-state index is -4.80. The molecule has 0 spiro atoms. The smallest absolute Gasteiger partial charge is 0.417 e. The molecule has 2 atom stereocenters. The number of rotatable bonds is 8. The van der Waals surface area contributed by atoms with E-state index in [0.29, 0.717) is 30.1 Å². The fourth-order valence-corrected chi connectivity index (χ4v) is 6.25. The van der Waals surface area contributed by atoms with Gasteiger partial charge in [-0.15, -0.1) is 0 Å². The third kappa shape index (κ3) is 6.30. The Kier molecular flexibility index (Phi) is 8.38. The van der Waals surface area contributed by atoms with Crippen molar-refractivity contribution in [2.24, 2.45) is 0 Å². The molecule has 240 valence electrons. The lowest BCUT2D eigenvalue weighted by Gasteiger charge is -2.31. The molecule has 3 aromatic carbocycles. The summed E-state index contributed by atoms with van der Waals surface area (Å²) in [6, 6.07) is 9.07. The van der Waals surface area contributed by atoms with Crippen LogP contribution in [-0.2, 0) is 26.9 Å². The highest BCUT2D eigenvalue weighted by Crippen LogP contribution is 2.48. The number of benzene rings is 3. The maximum absolute atomic E-state index is 15.2. The van der Waals surface area contributed by atoms with Crippen molar-refractivity contribution in [1.82, 2.24) is 0 Å². The van der Waals surface area contributed by atoms with Crippen molar-refractivity contribution >= 4 is 5.97 Å². The van der Waals surface area contributed by atoms with Crippen LogP contribution in [0.15, 0.2) is 42.5 Å². The first-order valence-electron chi connectivity index (χ1n) is 14.6. The molecular weight excluding hydrogens is 603 g/mol. The Morgan fingerprint density at radius 3 is 2.44 bits per heavy atom. The lowest BCUT2D eigenvalue weighted by Crippen LogP contribution is -2.41. The van der Waals surface area contributed by atoms with E-state index in [0.717, 1.165) is 23.8 Å². The normalized spacial score (nSPS) is 20.2. The van der Waals surface area contributed by atoms with E-state index in [4.69, 9.17) is 23.7 Å². The van der Waals surface area contributed by atoms with E-state index in [1.54, 1.807) is 18.2 Å². The van der Waals surface area contributed by atoms with Gasteiger partial charge in [0.25, 0.3) is 0 Å². The lowest BCUT2D eigenvalue weighted by atomic mass is 9.91. The molecule has 2 unspecified atom stereocenters. The van der Waals surface area contributed by atoms with Crippen LogP contribution in [0.4, 0.5) is 22.0 Å². The van der Waals surface area contributed by atoms with Crippen LogP contribution in [0.2, 0.25) is 0 Å². The van der Waals surface area contributed by atoms with Gasteiger partial charge in [-0.3, -0.25) is 4.79 Å². The number of aliphatic hydroxyl groups is 1. The average molecular weight is 635 g/mol. The SMILES string of the molecule is COC(=O)CC1COc2cc(OC3CCc4c3ccc(C(F)(F)F)c4-c3cc(F)c(OCC4(O)CCOCC4)c(F)c3)ccc21. The third-order valence-corrected chi connectivity index (χ3v) is 8.64. The first-order chi connectivity index (χ1) is 21.5. The van der Waals surface area contributed by atoms with E-state index in [2.05, 4.69) is 0 Å². The Hall–Kier alpha value is -3.90. The van der Waals surface area contributed by atoms with Crippen molar-refractivity contribution in [3.05, 3.63) is 76.4 Å². The van der Waals surface area contributed by atoms with Gasteiger partial charge >= 0.3 is 12.1 Å². The molecule has 0 radical (unpaired) electrons. The number of carbonyl (C=O) groups excluding carboxylic acids is 1. The molecule has 45 heavy (non-hydrogen) atoms. The summed E-state index contributed by atoms with van der Waals surface area (Å²) in [7, 11) is 1.32. The number of alkyl halides is 3. The van der Waals surface area contributed by atoms with Crippen LogP contribution in [0.25, 0.3) is 11.1 Å². The zero-order chi connectivity index (χ0) is 31.9. The Morgan fingerprint density at radius 1 is 1.04 bits per heavy atom.